The van der Waals surface area contributed by atoms with Crippen molar-refractivity contribution in [2.45, 2.75) is 46.7 Å². The van der Waals surface area contributed by atoms with Gasteiger partial charge >= 0.3 is 0 Å². The molecule has 0 unspecified atom stereocenters. The topological polar surface area (TPSA) is 39.1 Å². The zero-order chi connectivity index (χ0) is 15.5. The minimum Gasteiger partial charge on any atom is -0.492 e. The Morgan fingerprint density at radius 2 is 2.05 bits per heavy atom. The summed E-state index contributed by atoms with van der Waals surface area (Å²) in [7, 11) is 0. The van der Waals surface area contributed by atoms with Gasteiger partial charge in [-0.05, 0) is 52.3 Å². The van der Waals surface area contributed by atoms with Gasteiger partial charge in [0.25, 0.3) is 0 Å². The molecule has 2 aromatic rings. The minimum absolute atomic E-state index is 0.0125. The van der Waals surface area contributed by atoms with E-state index in [4.69, 9.17) is 4.74 Å². The summed E-state index contributed by atoms with van der Waals surface area (Å²) >= 11 is 0. The van der Waals surface area contributed by atoms with Crippen LogP contribution < -0.4 is 10.1 Å². The fourth-order valence-corrected chi connectivity index (χ4v) is 2.07. The molecule has 0 atom stereocenters. The fraction of sp³-hybridized carbons (Fsp3) is 0.471. The lowest BCUT2D eigenvalue weighted by atomic mass is 10.1. The molecule has 0 aliphatic carbocycles. The summed E-state index contributed by atoms with van der Waals surface area (Å²) in [6, 6.07) is 6.21. The quantitative estimate of drug-likeness (QED) is 0.904. The largest absolute Gasteiger partial charge is 0.492 e. The third-order valence-corrected chi connectivity index (χ3v) is 3.24. The summed E-state index contributed by atoms with van der Waals surface area (Å²) in [4.78, 5) is 0. The molecule has 2 rings (SSSR count). The van der Waals surface area contributed by atoms with Crippen LogP contribution in [0.15, 0.2) is 30.6 Å². The molecular formula is C17H25N3O. The van der Waals surface area contributed by atoms with E-state index in [0.29, 0.717) is 6.61 Å². The molecule has 1 aromatic heterocycles. The fourth-order valence-electron chi connectivity index (χ4n) is 2.07. The van der Waals surface area contributed by atoms with Gasteiger partial charge in [0.05, 0.1) is 24.0 Å². The Bertz CT molecular complexity index is 596. The van der Waals surface area contributed by atoms with Gasteiger partial charge in [-0.15, -0.1) is 0 Å². The highest BCUT2D eigenvalue weighted by Gasteiger charge is 2.14. The van der Waals surface area contributed by atoms with E-state index in [2.05, 4.69) is 62.5 Å². The molecule has 4 heteroatoms. The van der Waals surface area contributed by atoms with Crippen molar-refractivity contribution in [1.29, 1.82) is 0 Å². The first-order valence-electron chi connectivity index (χ1n) is 7.41. The van der Waals surface area contributed by atoms with Crippen LogP contribution in [0, 0.1) is 6.92 Å². The van der Waals surface area contributed by atoms with Crippen LogP contribution in [0.4, 0.5) is 5.69 Å². The number of hydrogen-bond donors (Lipinski definition) is 1. The second-order valence-corrected chi connectivity index (χ2v) is 6.25. The van der Waals surface area contributed by atoms with Crippen molar-refractivity contribution in [3.63, 3.8) is 0 Å². The van der Waals surface area contributed by atoms with Crippen LogP contribution in [0.25, 0.3) is 0 Å². The van der Waals surface area contributed by atoms with Gasteiger partial charge in [-0.1, -0.05) is 6.07 Å². The Morgan fingerprint density at radius 1 is 1.29 bits per heavy atom. The predicted molar refractivity (Wildman–Crippen MR) is 86.9 cm³/mol. The Kier molecular flexibility index (Phi) is 4.56. The number of rotatable bonds is 5. The standard InChI is InChI=1S/C17H25N3O/c1-6-21-16-9-13(2)7-8-15(16)18-10-14-11-19-20(12-14)17(3,4)5/h7-9,11-12,18H,6,10H2,1-5H3. The molecule has 0 saturated carbocycles. The monoisotopic (exact) mass is 287 g/mol. The normalized spacial score (nSPS) is 11.5. The lowest BCUT2D eigenvalue weighted by Gasteiger charge is -2.18. The Labute approximate surface area is 127 Å². The van der Waals surface area contributed by atoms with Crippen LogP contribution in [0.2, 0.25) is 0 Å². The minimum atomic E-state index is 0.0125. The molecule has 0 radical (unpaired) electrons. The number of aryl methyl sites for hydroxylation is 1. The summed E-state index contributed by atoms with van der Waals surface area (Å²) in [5, 5.41) is 7.85. The maximum atomic E-state index is 5.68. The average molecular weight is 287 g/mol. The number of benzene rings is 1. The number of ether oxygens (including phenoxy) is 1. The number of hydrogen-bond acceptors (Lipinski definition) is 3. The number of anilines is 1. The van der Waals surface area contributed by atoms with Gasteiger partial charge in [0, 0.05) is 18.3 Å². The van der Waals surface area contributed by atoms with Gasteiger partial charge in [0.1, 0.15) is 5.75 Å². The first-order chi connectivity index (χ1) is 9.90. The van der Waals surface area contributed by atoms with Crippen LogP contribution >= 0.6 is 0 Å². The van der Waals surface area contributed by atoms with E-state index in [1.54, 1.807) is 0 Å². The molecule has 0 aliphatic rings. The molecule has 4 nitrogen and oxygen atoms in total. The van der Waals surface area contributed by atoms with Crippen LogP contribution in [0.5, 0.6) is 5.75 Å². The average Bonchev–Trinajstić information content (AvgIpc) is 2.87. The highest BCUT2D eigenvalue weighted by Crippen LogP contribution is 2.26. The molecule has 0 amide bonds. The predicted octanol–water partition coefficient (Wildman–Crippen LogP) is 3.96. The SMILES string of the molecule is CCOc1cc(C)ccc1NCc1cnn(C(C)(C)C)c1. The van der Waals surface area contributed by atoms with Crippen molar-refractivity contribution < 1.29 is 4.74 Å². The third kappa shape index (κ3) is 4.00. The van der Waals surface area contributed by atoms with Crippen molar-refractivity contribution >= 4 is 5.69 Å². The van der Waals surface area contributed by atoms with E-state index in [1.807, 2.05) is 17.8 Å². The van der Waals surface area contributed by atoms with Crippen molar-refractivity contribution in [3.8, 4) is 5.75 Å². The second kappa shape index (κ2) is 6.20. The molecule has 1 aromatic carbocycles. The van der Waals surface area contributed by atoms with Gasteiger partial charge < -0.3 is 10.1 Å². The Balaban J connectivity index is 2.08. The Morgan fingerprint density at radius 3 is 2.67 bits per heavy atom. The first kappa shape index (κ1) is 15.4. The maximum Gasteiger partial charge on any atom is 0.142 e. The second-order valence-electron chi connectivity index (χ2n) is 6.25. The summed E-state index contributed by atoms with van der Waals surface area (Å²) < 4.78 is 7.67. The van der Waals surface area contributed by atoms with Gasteiger partial charge in [-0.3, -0.25) is 4.68 Å². The van der Waals surface area contributed by atoms with Crippen LogP contribution in [-0.4, -0.2) is 16.4 Å². The van der Waals surface area contributed by atoms with Crippen LogP contribution in [0.1, 0.15) is 38.8 Å². The van der Waals surface area contributed by atoms with E-state index >= 15 is 0 Å². The molecule has 0 saturated heterocycles. The number of aromatic nitrogens is 2. The highest BCUT2D eigenvalue weighted by molar-refractivity contribution is 5.57. The van der Waals surface area contributed by atoms with Gasteiger partial charge in [0.15, 0.2) is 0 Å². The molecule has 0 aliphatic heterocycles. The van der Waals surface area contributed by atoms with Crippen molar-refractivity contribution in [3.05, 3.63) is 41.7 Å². The Hall–Kier alpha value is -1.97. The molecular weight excluding hydrogens is 262 g/mol. The summed E-state index contributed by atoms with van der Waals surface area (Å²) in [5.74, 6) is 0.903. The van der Waals surface area contributed by atoms with Gasteiger partial charge in [-0.2, -0.15) is 5.10 Å². The summed E-state index contributed by atoms with van der Waals surface area (Å²) in [6.07, 6.45) is 3.99. The zero-order valence-electron chi connectivity index (χ0n) is 13.6. The van der Waals surface area contributed by atoms with Crippen molar-refractivity contribution in [2.24, 2.45) is 0 Å². The van der Waals surface area contributed by atoms with Crippen LogP contribution in [0.3, 0.4) is 0 Å². The number of nitrogens with zero attached hydrogens (tertiary/aromatic N) is 2. The van der Waals surface area contributed by atoms with Gasteiger partial charge in [0.2, 0.25) is 0 Å². The molecule has 0 fully saturated rings. The zero-order valence-corrected chi connectivity index (χ0v) is 13.6. The molecule has 1 heterocycles. The van der Waals surface area contributed by atoms with E-state index in [1.165, 1.54) is 5.56 Å². The molecule has 0 bridgehead atoms. The lowest BCUT2D eigenvalue weighted by Crippen LogP contribution is -2.21. The van der Waals surface area contributed by atoms with E-state index in [0.717, 1.165) is 23.5 Å². The van der Waals surface area contributed by atoms with Crippen LogP contribution in [-0.2, 0) is 12.1 Å². The lowest BCUT2D eigenvalue weighted by molar-refractivity contribution is 0.341. The molecule has 0 spiro atoms. The van der Waals surface area contributed by atoms with E-state index in [-0.39, 0.29) is 5.54 Å². The molecule has 114 valence electrons. The maximum absolute atomic E-state index is 5.68. The van der Waals surface area contributed by atoms with Crippen molar-refractivity contribution in [2.75, 3.05) is 11.9 Å². The highest BCUT2D eigenvalue weighted by atomic mass is 16.5. The van der Waals surface area contributed by atoms with Gasteiger partial charge in [-0.25, -0.2) is 0 Å². The molecule has 1 N–H and O–H groups in total. The smallest absolute Gasteiger partial charge is 0.142 e. The van der Waals surface area contributed by atoms with Crippen molar-refractivity contribution in [1.82, 2.24) is 9.78 Å². The molecule has 21 heavy (non-hydrogen) atoms. The number of nitrogens with one attached hydrogen (secondary N) is 1. The van der Waals surface area contributed by atoms with E-state index < -0.39 is 0 Å². The third-order valence-electron chi connectivity index (χ3n) is 3.24. The first-order valence-corrected chi connectivity index (χ1v) is 7.41. The summed E-state index contributed by atoms with van der Waals surface area (Å²) in [5.41, 5.74) is 3.39. The summed E-state index contributed by atoms with van der Waals surface area (Å²) in [6.45, 7) is 11.9. The van der Waals surface area contributed by atoms with E-state index in [9.17, 15) is 0 Å².